The van der Waals surface area contributed by atoms with Crippen LogP contribution in [0, 0.1) is 0 Å². The first-order valence-electron chi connectivity index (χ1n) is 6.69. The van der Waals surface area contributed by atoms with Gasteiger partial charge in [0, 0.05) is 13.2 Å². The van der Waals surface area contributed by atoms with Crippen molar-refractivity contribution in [2.24, 2.45) is 7.05 Å². The van der Waals surface area contributed by atoms with Crippen LogP contribution in [0.15, 0.2) is 16.7 Å². The van der Waals surface area contributed by atoms with E-state index in [-0.39, 0.29) is 23.4 Å². The molecule has 0 aliphatic rings. The third-order valence-corrected chi connectivity index (χ3v) is 4.56. The number of urea groups is 1. The molecule has 2 aromatic heterocycles. The number of nitrogens with one attached hydrogen (secondary N) is 2. The van der Waals surface area contributed by atoms with Crippen molar-refractivity contribution < 1.29 is 22.7 Å². The van der Waals surface area contributed by atoms with Crippen LogP contribution in [0.2, 0.25) is 0 Å². The summed E-state index contributed by atoms with van der Waals surface area (Å²) in [6.45, 7) is 0. The number of aryl methyl sites for hydroxylation is 1. The summed E-state index contributed by atoms with van der Waals surface area (Å²) in [4.78, 5) is 19.6. The minimum Gasteiger partial charge on any atom is -0.481 e. The van der Waals surface area contributed by atoms with Crippen LogP contribution in [0.1, 0.15) is 5.69 Å². The van der Waals surface area contributed by atoms with Crippen molar-refractivity contribution in [3.63, 3.8) is 0 Å². The van der Waals surface area contributed by atoms with E-state index < -0.39 is 21.8 Å². The number of carbonyl (C=O) groups is 1. The maximum atomic E-state index is 12.1. The molecule has 2 rings (SSSR count). The Kier molecular flexibility index (Phi) is 5.79. The Morgan fingerprint density at radius 1 is 1.28 bits per heavy atom. The predicted molar refractivity (Wildman–Crippen MR) is 90.8 cm³/mol. The van der Waals surface area contributed by atoms with Crippen molar-refractivity contribution in [3.8, 4) is 11.8 Å². The molecule has 25 heavy (non-hydrogen) atoms. The molecule has 2 heterocycles. The lowest BCUT2D eigenvalue weighted by Gasteiger charge is -2.09. The molecule has 2 aromatic rings. The first-order valence-corrected chi connectivity index (χ1v) is 9.13. The highest BCUT2D eigenvalue weighted by molar-refractivity contribution is 9.10. The fourth-order valence-corrected chi connectivity index (χ4v) is 3.44. The van der Waals surface area contributed by atoms with Crippen LogP contribution < -0.4 is 19.5 Å². The summed E-state index contributed by atoms with van der Waals surface area (Å²) in [7, 11) is 0.419. The number of rotatable bonds is 6. The number of aromatic nitrogens is 4. The molecule has 0 aromatic carbocycles. The average molecular weight is 435 g/mol. The van der Waals surface area contributed by atoms with Gasteiger partial charge in [-0.15, -0.1) is 0 Å². The third-order valence-electron chi connectivity index (χ3n) is 2.75. The number of halogens is 1. The molecule has 0 radical (unpaired) electrons. The number of methoxy groups -OCH3 is 2. The molecule has 0 fully saturated rings. The minimum absolute atomic E-state index is 0.141. The van der Waals surface area contributed by atoms with E-state index in [1.165, 1.54) is 25.0 Å². The second-order valence-corrected chi connectivity index (χ2v) is 7.27. The SMILES string of the molecule is COc1cc(OC)nc(NC(=O)NS(=O)(=O)Cc2nn(C)cc2Br)n1. The summed E-state index contributed by atoms with van der Waals surface area (Å²) >= 11 is 3.20. The van der Waals surface area contributed by atoms with Crippen LogP contribution in [-0.4, -0.2) is 48.4 Å². The van der Waals surface area contributed by atoms with Gasteiger partial charge in [0.15, 0.2) is 0 Å². The molecule has 0 saturated carbocycles. The maximum absolute atomic E-state index is 12.1. The fraction of sp³-hybridized carbons (Fsp3) is 0.333. The van der Waals surface area contributed by atoms with E-state index in [1.54, 1.807) is 13.2 Å². The topological polar surface area (TPSA) is 137 Å². The highest BCUT2D eigenvalue weighted by atomic mass is 79.9. The number of nitrogens with zero attached hydrogens (tertiary/aromatic N) is 4. The lowest BCUT2D eigenvalue weighted by Crippen LogP contribution is -2.35. The zero-order valence-electron chi connectivity index (χ0n) is 13.5. The predicted octanol–water partition coefficient (Wildman–Crippen LogP) is 0.641. The molecular formula is C12H15BrN6O5S. The van der Waals surface area contributed by atoms with Crippen molar-refractivity contribution >= 4 is 37.9 Å². The van der Waals surface area contributed by atoms with Crippen LogP contribution in [0.3, 0.4) is 0 Å². The van der Waals surface area contributed by atoms with Gasteiger partial charge in [-0.1, -0.05) is 0 Å². The Hall–Kier alpha value is -2.41. The molecule has 0 atom stereocenters. The first kappa shape index (κ1) is 18.9. The van der Waals surface area contributed by atoms with E-state index in [0.29, 0.717) is 4.47 Å². The van der Waals surface area contributed by atoms with Crippen molar-refractivity contribution in [1.82, 2.24) is 24.5 Å². The van der Waals surface area contributed by atoms with E-state index in [9.17, 15) is 13.2 Å². The smallest absolute Gasteiger partial charge is 0.335 e. The number of hydrogen-bond donors (Lipinski definition) is 2. The second kappa shape index (κ2) is 7.65. The molecule has 0 aliphatic heterocycles. The number of ether oxygens (including phenoxy) is 2. The van der Waals surface area contributed by atoms with Crippen LogP contribution in [0.5, 0.6) is 11.8 Å². The van der Waals surface area contributed by atoms with Gasteiger partial charge in [0.2, 0.25) is 27.7 Å². The van der Waals surface area contributed by atoms with Crippen LogP contribution in [0.4, 0.5) is 10.7 Å². The number of sulfonamides is 1. The second-order valence-electron chi connectivity index (χ2n) is 4.69. The molecule has 136 valence electrons. The minimum atomic E-state index is -3.98. The summed E-state index contributed by atoms with van der Waals surface area (Å²) in [5.41, 5.74) is 0.266. The van der Waals surface area contributed by atoms with Crippen molar-refractivity contribution in [3.05, 3.63) is 22.4 Å². The molecule has 0 aliphatic carbocycles. The van der Waals surface area contributed by atoms with E-state index in [4.69, 9.17) is 9.47 Å². The normalized spacial score (nSPS) is 11.0. The summed E-state index contributed by atoms with van der Waals surface area (Å²) in [6.07, 6.45) is 1.60. The summed E-state index contributed by atoms with van der Waals surface area (Å²) in [5, 5.41) is 6.20. The van der Waals surface area contributed by atoms with Gasteiger partial charge in [0.1, 0.15) is 5.75 Å². The molecule has 13 heteroatoms. The Morgan fingerprint density at radius 3 is 2.36 bits per heavy atom. The zero-order chi connectivity index (χ0) is 18.6. The number of amides is 2. The Bertz CT molecular complexity index is 862. The largest absolute Gasteiger partial charge is 0.481 e. The Labute approximate surface area is 151 Å². The van der Waals surface area contributed by atoms with Gasteiger partial charge in [0.25, 0.3) is 0 Å². The molecule has 0 spiro atoms. The third kappa shape index (κ3) is 5.29. The van der Waals surface area contributed by atoms with Crippen molar-refractivity contribution in [2.45, 2.75) is 5.75 Å². The molecule has 2 amide bonds. The quantitative estimate of drug-likeness (QED) is 0.675. The van der Waals surface area contributed by atoms with Gasteiger partial charge in [-0.05, 0) is 15.9 Å². The molecule has 0 saturated heterocycles. The lowest BCUT2D eigenvalue weighted by molar-refractivity contribution is 0.256. The standard InChI is InChI=1S/C12H15BrN6O5S/c1-19-5-7(13)8(17-19)6-25(21,22)18-12(20)16-11-14-9(23-2)4-10(15-11)24-3/h4-5H,6H2,1-3H3,(H2,14,15,16,18,20). The van der Waals surface area contributed by atoms with Gasteiger partial charge >= 0.3 is 6.03 Å². The van der Waals surface area contributed by atoms with E-state index >= 15 is 0 Å². The van der Waals surface area contributed by atoms with Crippen molar-refractivity contribution in [2.75, 3.05) is 19.5 Å². The number of anilines is 1. The van der Waals surface area contributed by atoms with Crippen LogP contribution in [-0.2, 0) is 22.8 Å². The van der Waals surface area contributed by atoms with Gasteiger partial charge in [-0.25, -0.2) is 17.9 Å². The Morgan fingerprint density at radius 2 is 1.88 bits per heavy atom. The van der Waals surface area contributed by atoms with E-state index in [1.807, 2.05) is 4.72 Å². The lowest BCUT2D eigenvalue weighted by atomic mass is 10.5. The molecule has 2 N–H and O–H groups in total. The fourth-order valence-electron chi connectivity index (χ4n) is 1.76. The van der Waals surface area contributed by atoms with E-state index in [0.717, 1.165) is 0 Å². The first-order chi connectivity index (χ1) is 11.7. The highest BCUT2D eigenvalue weighted by Crippen LogP contribution is 2.18. The molecule has 11 nitrogen and oxygen atoms in total. The van der Waals surface area contributed by atoms with Crippen LogP contribution >= 0.6 is 15.9 Å². The highest BCUT2D eigenvalue weighted by Gasteiger charge is 2.20. The summed E-state index contributed by atoms with van der Waals surface area (Å²) in [5.74, 6) is -0.378. The summed E-state index contributed by atoms with van der Waals surface area (Å²) in [6, 6.07) is 0.376. The van der Waals surface area contributed by atoms with Gasteiger partial charge in [0.05, 0.1) is 30.5 Å². The van der Waals surface area contributed by atoms with Gasteiger partial charge < -0.3 is 9.47 Å². The van der Waals surface area contributed by atoms with Crippen molar-refractivity contribution in [1.29, 1.82) is 0 Å². The monoisotopic (exact) mass is 434 g/mol. The number of carbonyl (C=O) groups excluding carboxylic acids is 1. The van der Waals surface area contributed by atoms with E-state index in [2.05, 4.69) is 36.3 Å². The average Bonchev–Trinajstić information content (AvgIpc) is 2.82. The maximum Gasteiger partial charge on any atom is 0.335 e. The number of hydrogen-bond acceptors (Lipinski definition) is 8. The van der Waals surface area contributed by atoms with Crippen LogP contribution in [0.25, 0.3) is 0 Å². The Balaban J connectivity index is 2.07. The van der Waals surface area contributed by atoms with Gasteiger partial charge in [-0.3, -0.25) is 10.00 Å². The molecular weight excluding hydrogens is 420 g/mol. The summed E-state index contributed by atoms with van der Waals surface area (Å²) < 4.78 is 37.8. The molecule has 0 bridgehead atoms. The van der Waals surface area contributed by atoms with Gasteiger partial charge in [-0.2, -0.15) is 15.1 Å². The zero-order valence-corrected chi connectivity index (χ0v) is 15.9. The molecule has 0 unspecified atom stereocenters.